The molecule has 0 aliphatic rings. The van der Waals surface area contributed by atoms with Gasteiger partial charge in [-0.15, -0.1) is 0 Å². The zero-order chi connectivity index (χ0) is 14.9. The molecule has 0 saturated carbocycles. The summed E-state index contributed by atoms with van der Waals surface area (Å²) in [6.07, 6.45) is -0.393. The zero-order valence-corrected chi connectivity index (χ0v) is 13.4. The number of rotatable bonds is 10. The summed E-state index contributed by atoms with van der Waals surface area (Å²) in [5.41, 5.74) is 0.0243. The van der Waals surface area contributed by atoms with Gasteiger partial charge in [-0.05, 0) is 27.7 Å². The maximum absolute atomic E-state index is 10.1. The third kappa shape index (κ3) is 10.3. The quantitative estimate of drug-likeness (QED) is 0.616. The number of aliphatic hydroxyl groups is 1. The van der Waals surface area contributed by atoms with Crippen molar-refractivity contribution in [3.63, 3.8) is 0 Å². The van der Waals surface area contributed by atoms with E-state index in [9.17, 15) is 5.11 Å². The van der Waals surface area contributed by atoms with E-state index in [-0.39, 0.29) is 11.6 Å². The summed E-state index contributed by atoms with van der Waals surface area (Å²) in [6.45, 7) is 11.7. The van der Waals surface area contributed by atoms with Gasteiger partial charge in [0, 0.05) is 45.4 Å². The number of β-amino-alcohol motifs (C(OH)–C–C–N with tert-alkyl or cyclic N) is 1. The topological polar surface area (TPSA) is 54.0 Å². The first-order valence-electron chi connectivity index (χ1n) is 6.95. The highest BCUT2D eigenvalue weighted by molar-refractivity contribution is 4.76. The average molecular weight is 276 g/mol. The lowest BCUT2D eigenvalue weighted by atomic mass is 10.1. The van der Waals surface area contributed by atoms with Gasteiger partial charge in [-0.3, -0.25) is 4.90 Å². The van der Waals surface area contributed by atoms with E-state index >= 15 is 0 Å². The van der Waals surface area contributed by atoms with E-state index in [4.69, 9.17) is 9.47 Å². The van der Waals surface area contributed by atoms with E-state index in [1.54, 1.807) is 14.2 Å². The number of aliphatic hydroxyl groups excluding tert-OH is 1. The van der Waals surface area contributed by atoms with Crippen LogP contribution in [-0.4, -0.2) is 74.8 Å². The number of hydrogen-bond donors (Lipinski definition) is 2. The highest BCUT2D eigenvalue weighted by atomic mass is 16.5. The van der Waals surface area contributed by atoms with Crippen LogP contribution in [0.1, 0.15) is 27.7 Å². The molecule has 0 heterocycles. The lowest BCUT2D eigenvalue weighted by molar-refractivity contribution is 0.0374. The lowest BCUT2D eigenvalue weighted by Crippen LogP contribution is -2.48. The summed E-state index contributed by atoms with van der Waals surface area (Å²) in [4.78, 5) is 2.20. The number of methoxy groups -OCH3 is 2. The van der Waals surface area contributed by atoms with Gasteiger partial charge in [0.05, 0.1) is 19.3 Å². The second-order valence-electron chi connectivity index (χ2n) is 6.08. The maximum atomic E-state index is 10.1. The molecular weight excluding hydrogens is 244 g/mol. The van der Waals surface area contributed by atoms with E-state index in [1.807, 2.05) is 0 Å². The van der Waals surface area contributed by atoms with E-state index in [2.05, 4.69) is 37.9 Å². The van der Waals surface area contributed by atoms with Crippen LogP contribution in [0.4, 0.5) is 0 Å². The van der Waals surface area contributed by atoms with Gasteiger partial charge in [0.25, 0.3) is 0 Å². The summed E-state index contributed by atoms with van der Waals surface area (Å²) in [5, 5.41) is 13.4. The monoisotopic (exact) mass is 276 g/mol. The predicted molar refractivity (Wildman–Crippen MR) is 78.5 cm³/mol. The molecule has 0 saturated heterocycles. The average Bonchev–Trinajstić information content (AvgIpc) is 2.31. The van der Waals surface area contributed by atoms with E-state index < -0.39 is 6.10 Å². The summed E-state index contributed by atoms with van der Waals surface area (Å²) in [6, 6.07) is 0.268. The zero-order valence-electron chi connectivity index (χ0n) is 13.4. The Bertz CT molecular complexity index is 219. The van der Waals surface area contributed by atoms with Gasteiger partial charge in [-0.2, -0.15) is 0 Å². The molecule has 0 fully saturated rings. The molecule has 0 rings (SSSR count). The molecule has 19 heavy (non-hydrogen) atoms. The van der Waals surface area contributed by atoms with Crippen molar-refractivity contribution in [3.05, 3.63) is 0 Å². The highest BCUT2D eigenvalue weighted by Crippen LogP contribution is 2.03. The van der Waals surface area contributed by atoms with Crippen LogP contribution in [0, 0.1) is 0 Å². The van der Waals surface area contributed by atoms with Crippen molar-refractivity contribution in [2.75, 3.05) is 47.1 Å². The number of hydrogen-bond acceptors (Lipinski definition) is 5. The van der Waals surface area contributed by atoms with Crippen LogP contribution in [0.5, 0.6) is 0 Å². The summed E-state index contributed by atoms with van der Waals surface area (Å²) in [5.74, 6) is 0. The smallest absolute Gasteiger partial charge is 0.0791 e. The van der Waals surface area contributed by atoms with Crippen LogP contribution in [0.2, 0.25) is 0 Å². The van der Waals surface area contributed by atoms with Gasteiger partial charge < -0.3 is 19.9 Å². The summed E-state index contributed by atoms with van der Waals surface area (Å²) in [7, 11) is 3.39. The third-order valence-corrected chi connectivity index (χ3v) is 2.93. The molecule has 0 bridgehead atoms. The largest absolute Gasteiger partial charge is 0.390 e. The van der Waals surface area contributed by atoms with E-state index in [1.165, 1.54) is 0 Å². The van der Waals surface area contributed by atoms with Crippen LogP contribution < -0.4 is 5.32 Å². The Labute approximate surface area is 118 Å². The molecule has 2 atom stereocenters. The fourth-order valence-electron chi connectivity index (χ4n) is 1.81. The molecule has 0 aromatic rings. The Morgan fingerprint density at radius 1 is 1.21 bits per heavy atom. The van der Waals surface area contributed by atoms with Crippen LogP contribution in [0.25, 0.3) is 0 Å². The standard InChI is InChI=1S/C14H32N2O3/c1-12(11-19-6)16(7-8-18-5)10-13(17)9-15-14(2,3)4/h12-13,15,17H,7-11H2,1-6H3. The normalized spacial score (nSPS) is 15.8. The molecule has 2 unspecified atom stereocenters. The molecule has 0 amide bonds. The SMILES string of the molecule is COCCN(CC(O)CNC(C)(C)C)C(C)COC. The molecule has 0 spiro atoms. The molecule has 116 valence electrons. The van der Waals surface area contributed by atoms with Crippen LogP contribution in [0.3, 0.4) is 0 Å². The van der Waals surface area contributed by atoms with Crippen LogP contribution in [-0.2, 0) is 9.47 Å². The second kappa shape index (κ2) is 9.66. The highest BCUT2D eigenvalue weighted by Gasteiger charge is 2.19. The molecule has 0 radical (unpaired) electrons. The van der Waals surface area contributed by atoms with Gasteiger partial charge in [-0.1, -0.05) is 0 Å². The lowest BCUT2D eigenvalue weighted by Gasteiger charge is -2.31. The molecule has 0 aromatic carbocycles. The van der Waals surface area contributed by atoms with Crippen LogP contribution >= 0.6 is 0 Å². The Morgan fingerprint density at radius 3 is 2.32 bits per heavy atom. The number of nitrogens with one attached hydrogen (secondary N) is 1. The molecule has 0 aromatic heterocycles. The molecule has 5 heteroatoms. The van der Waals surface area contributed by atoms with Gasteiger partial charge >= 0.3 is 0 Å². The van der Waals surface area contributed by atoms with Gasteiger partial charge in [0.15, 0.2) is 0 Å². The second-order valence-corrected chi connectivity index (χ2v) is 6.08. The molecule has 0 aliphatic heterocycles. The van der Waals surface area contributed by atoms with Crippen molar-refractivity contribution in [3.8, 4) is 0 Å². The van der Waals surface area contributed by atoms with Crippen molar-refractivity contribution in [1.29, 1.82) is 0 Å². The van der Waals surface area contributed by atoms with Gasteiger partial charge in [0.1, 0.15) is 0 Å². The molecule has 2 N–H and O–H groups in total. The predicted octanol–water partition coefficient (Wildman–Crippen LogP) is 0.719. The fourth-order valence-corrected chi connectivity index (χ4v) is 1.81. The molecular formula is C14H32N2O3. The number of ether oxygens (including phenoxy) is 2. The van der Waals surface area contributed by atoms with E-state index in [0.717, 1.165) is 6.54 Å². The Kier molecular flexibility index (Phi) is 9.56. The van der Waals surface area contributed by atoms with Crippen molar-refractivity contribution < 1.29 is 14.6 Å². The minimum atomic E-state index is -0.393. The van der Waals surface area contributed by atoms with Crippen molar-refractivity contribution in [1.82, 2.24) is 10.2 Å². The van der Waals surface area contributed by atoms with Crippen molar-refractivity contribution >= 4 is 0 Å². The first-order valence-corrected chi connectivity index (χ1v) is 6.95. The maximum Gasteiger partial charge on any atom is 0.0791 e. The number of nitrogens with zero attached hydrogens (tertiary/aromatic N) is 1. The first-order chi connectivity index (χ1) is 8.80. The van der Waals surface area contributed by atoms with Gasteiger partial charge in [-0.25, -0.2) is 0 Å². The molecule has 5 nitrogen and oxygen atoms in total. The first kappa shape index (κ1) is 18.8. The Morgan fingerprint density at radius 2 is 1.84 bits per heavy atom. The molecule has 0 aliphatic carbocycles. The van der Waals surface area contributed by atoms with Crippen LogP contribution in [0.15, 0.2) is 0 Å². The van der Waals surface area contributed by atoms with Crippen molar-refractivity contribution in [2.45, 2.75) is 45.4 Å². The third-order valence-electron chi connectivity index (χ3n) is 2.93. The minimum absolute atomic E-state index is 0.0243. The van der Waals surface area contributed by atoms with Crippen molar-refractivity contribution in [2.24, 2.45) is 0 Å². The fraction of sp³-hybridized carbons (Fsp3) is 1.00. The van der Waals surface area contributed by atoms with Gasteiger partial charge in [0.2, 0.25) is 0 Å². The Balaban J connectivity index is 4.21. The minimum Gasteiger partial charge on any atom is -0.390 e. The Hall–Kier alpha value is -0.200. The van der Waals surface area contributed by atoms with E-state index in [0.29, 0.717) is 26.3 Å². The summed E-state index contributed by atoms with van der Waals surface area (Å²) < 4.78 is 10.3. The summed E-state index contributed by atoms with van der Waals surface area (Å²) >= 11 is 0.